The van der Waals surface area contributed by atoms with E-state index in [4.69, 9.17) is 4.74 Å². The number of ether oxygens (including phenoxy) is 1. The fraction of sp³-hybridized carbons (Fsp3) is 1.00. The SMILES string of the molecule is CC(CNC1CC1)COC(C)C(C)C. The van der Waals surface area contributed by atoms with Crippen LogP contribution in [0.15, 0.2) is 0 Å². The first-order valence-electron chi connectivity index (χ1n) is 5.94. The minimum atomic E-state index is 0.387. The molecule has 0 radical (unpaired) electrons. The van der Waals surface area contributed by atoms with Gasteiger partial charge in [-0.2, -0.15) is 0 Å². The summed E-state index contributed by atoms with van der Waals surface area (Å²) in [6.45, 7) is 10.8. The van der Waals surface area contributed by atoms with Crippen molar-refractivity contribution in [3.05, 3.63) is 0 Å². The summed E-state index contributed by atoms with van der Waals surface area (Å²) in [6.07, 6.45) is 3.13. The van der Waals surface area contributed by atoms with Crippen LogP contribution < -0.4 is 5.32 Å². The maximum atomic E-state index is 5.78. The van der Waals surface area contributed by atoms with Crippen LogP contribution in [-0.4, -0.2) is 25.3 Å². The zero-order valence-electron chi connectivity index (χ0n) is 10.0. The van der Waals surface area contributed by atoms with E-state index in [9.17, 15) is 0 Å². The Labute approximate surface area is 88.4 Å². The van der Waals surface area contributed by atoms with Gasteiger partial charge >= 0.3 is 0 Å². The van der Waals surface area contributed by atoms with E-state index < -0.39 is 0 Å². The molecule has 0 bridgehead atoms. The van der Waals surface area contributed by atoms with Gasteiger partial charge in [-0.15, -0.1) is 0 Å². The van der Waals surface area contributed by atoms with Crippen LogP contribution in [0.5, 0.6) is 0 Å². The third-order valence-corrected chi connectivity index (χ3v) is 2.91. The van der Waals surface area contributed by atoms with Gasteiger partial charge in [0.25, 0.3) is 0 Å². The van der Waals surface area contributed by atoms with E-state index in [0.29, 0.717) is 17.9 Å². The van der Waals surface area contributed by atoms with Crippen molar-refractivity contribution in [2.24, 2.45) is 11.8 Å². The summed E-state index contributed by atoms with van der Waals surface area (Å²) in [7, 11) is 0. The fourth-order valence-electron chi connectivity index (χ4n) is 1.22. The lowest BCUT2D eigenvalue weighted by Gasteiger charge is -2.20. The quantitative estimate of drug-likeness (QED) is 0.680. The molecule has 0 aromatic heterocycles. The Kier molecular flexibility index (Phi) is 4.90. The monoisotopic (exact) mass is 199 g/mol. The van der Waals surface area contributed by atoms with Gasteiger partial charge in [-0.3, -0.25) is 0 Å². The van der Waals surface area contributed by atoms with Crippen LogP contribution in [0, 0.1) is 11.8 Å². The summed E-state index contributed by atoms with van der Waals surface area (Å²) in [5.74, 6) is 1.26. The molecule has 14 heavy (non-hydrogen) atoms. The summed E-state index contributed by atoms with van der Waals surface area (Å²) in [5.41, 5.74) is 0. The first kappa shape index (κ1) is 12.0. The lowest BCUT2D eigenvalue weighted by molar-refractivity contribution is 0.0169. The highest BCUT2D eigenvalue weighted by Gasteiger charge is 2.21. The van der Waals surface area contributed by atoms with Crippen molar-refractivity contribution >= 4 is 0 Å². The van der Waals surface area contributed by atoms with Crippen LogP contribution in [0.2, 0.25) is 0 Å². The molecule has 0 spiro atoms. The van der Waals surface area contributed by atoms with Gasteiger partial charge in [-0.1, -0.05) is 20.8 Å². The molecule has 0 heterocycles. The van der Waals surface area contributed by atoms with Gasteiger partial charge in [0.15, 0.2) is 0 Å². The Morgan fingerprint density at radius 1 is 1.21 bits per heavy atom. The maximum absolute atomic E-state index is 5.78. The number of rotatable bonds is 7. The van der Waals surface area contributed by atoms with E-state index in [1.54, 1.807) is 0 Å². The minimum absolute atomic E-state index is 0.387. The molecular weight excluding hydrogens is 174 g/mol. The molecule has 2 nitrogen and oxygen atoms in total. The smallest absolute Gasteiger partial charge is 0.0570 e. The van der Waals surface area contributed by atoms with Crippen LogP contribution >= 0.6 is 0 Å². The molecule has 1 saturated carbocycles. The molecule has 1 aliphatic rings. The molecular formula is C12H25NO. The second kappa shape index (κ2) is 5.72. The molecule has 1 aliphatic carbocycles. The molecule has 0 aromatic rings. The standard InChI is InChI=1S/C12H25NO/c1-9(2)11(4)14-8-10(3)7-13-12-5-6-12/h9-13H,5-8H2,1-4H3. The first-order chi connectivity index (χ1) is 6.59. The van der Waals surface area contributed by atoms with Crippen molar-refractivity contribution in [1.29, 1.82) is 0 Å². The summed E-state index contributed by atoms with van der Waals surface area (Å²) in [5, 5.41) is 3.53. The van der Waals surface area contributed by atoms with Gasteiger partial charge in [0.2, 0.25) is 0 Å². The third kappa shape index (κ3) is 4.97. The number of hydrogen-bond acceptors (Lipinski definition) is 2. The Morgan fingerprint density at radius 2 is 1.86 bits per heavy atom. The largest absolute Gasteiger partial charge is 0.378 e. The van der Waals surface area contributed by atoms with Crippen molar-refractivity contribution in [3.63, 3.8) is 0 Å². The highest BCUT2D eigenvalue weighted by molar-refractivity contribution is 4.81. The summed E-state index contributed by atoms with van der Waals surface area (Å²) in [6, 6.07) is 0.819. The average molecular weight is 199 g/mol. The first-order valence-corrected chi connectivity index (χ1v) is 5.94. The molecule has 2 heteroatoms. The summed E-state index contributed by atoms with van der Waals surface area (Å²) in [4.78, 5) is 0. The van der Waals surface area contributed by atoms with Crippen molar-refractivity contribution in [3.8, 4) is 0 Å². The Balaban J connectivity index is 1.98. The molecule has 0 aromatic carbocycles. The van der Waals surface area contributed by atoms with E-state index >= 15 is 0 Å². The second-order valence-corrected chi connectivity index (χ2v) is 5.07. The Hall–Kier alpha value is -0.0800. The van der Waals surface area contributed by atoms with Gasteiger partial charge in [0, 0.05) is 12.6 Å². The minimum Gasteiger partial charge on any atom is -0.378 e. The summed E-state index contributed by atoms with van der Waals surface area (Å²) >= 11 is 0. The van der Waals surface area contributed by atoms with Crippen LogP contribution in [0.1, 0.15) is 40.5 Å². The van der Waals surface area contributed by atoms with Crippen molar-refractivity contribution in [1.82, 2.24) is 5.32 Å². The molecule has 2 atom stereocenters. The highest BCUT2D eigenvalue weighted by atomic mass is 16.5. The zero-order chi connectivity index (χ0) is 10.6. The molecule has 0 amide bonds. The van der Waals surface area contributed by atoms with Gasteiger partial charge < -0.3 is 10.1 Å². The molecule has 0 aliphatic heterocycles. The number of hydrogen-bond donors (Lipinski definition) is 1. The highest BCUT2D eigenvalue weighted by Crippen LogP contribution is 2.18. The fourth-order valence-corrected chi connectivity index (χ4v) is 1.22. The zero-order valence-corrected chi connectivity index (χ0v) is 10.0. The molecule has 84 valence electrons. The van der Waals surface area contributed by atoms with Crippen LogP contribution in [-0.2, 0) is 4.74 Å². The molecule has 1 fully saturated rings. The normalized spacial score (nSPS) is 21.2. The van der Waals surface area contributed by atoms with E-state index in [1.807, 2.05) is 0 Å². The summed E-state index contributed by atoms with van der Waals surface area (Å²) < 4.78 is 5.78. The molecule has 1 N–H and O–H groups in total. The van der Waals surface area contributed by atoms with E-state index in [2.05, 4.69) is 33.0 Å². The lowest BCUT2D eigenvalue weighted by Crippen LogP contribution is -2.28. The third-order valence-electron chi connectivity index (χ3n) is 2.91. The van der Waals surface area contributed by atoms with Crippen LogP contribution in [0.25, 0.3) is 0 Å². The molecule has 0 saturated heterocycles. The van der Waals surface area contributed by atoms with E-state index in [0.717, 1.165) is 19.2 Å². The molecule has 1 rings (SSSR count). The van der Waals surface area contributed by atoms with E-state index in [-0.39, 0.29) is 0 Å². The second-order valence-electron chi connectivity index (χ2n) is 5.07. The van der Waals surface area contributed by atoms with Gasteiger partial charge in [0.05, 0.1) is 12.7 Å². The Bertz CT molecular complexity index is 154. The predicted octanol–water partition coefficient (Wildman–Crippen LogP) is 2.44. The van der Waals surface area contributed by atoms with Gasteiger partial charge in [-0.05, 0) is 31.6 Å². The number of nitrogens with one attached hydrogen (secondary N) is 1. The van der Waals surface area contributed by atoms with Gasteiger partial charge in [0.1, 0.15) is 0 Å². The van der Waals surface area contributed by atoms with Gasteiger partial charge in [-0.25, -0.2) is 0 Å². The lowest BCUT2D eigenvalue weighted by atomic mass is 10.1. The van der Waals surface area contributed by atoms with Crippen LogP contribution in [0.3, 0.4) is 0 Å². The van der Waals surface area contributed by atoms with Crippen LogP contribution in [0.4, 0.5) is 0 Å². The predicted molar refractivity (Wildman–Crippen MR) is 60.4 cm³/mol. The molecule has 2 unspecified atom stereocenters. The average Bonchev–Trinajstić information content (AvgIpc) is 2.94. The maximum Gasteiger partial charge on any atom is 0.0570 e. The topological polar surface area (TPSA) is 21.3 Å². The van der Waals surface area contributed by atoms with Crippen molar-refractivity contribution in [2.75, 3.05) is 13.2 Å². The Morgan fingerprint density at radius 3 is 2.36 bits per heavy atom. The van der Waals surface area contributed by atoms with E-state index in [1.165, 1.54) is 12.8 Å². The van der Waals surface area contributed by atoms with Crippen molar-refractivity contribution < 1.29 is 4.74 Å². The van der Waals surface area contributed by atoms with Crippen molar-refractivity contribution in [2.45, 2.75) is 52.7 Å².